The molecule has 2 heterocycles. The lowest BCUT2D eigenvalue weighted by Gasteiger charge is -2.17. The van der Waals surface area contributed by atoms with E-state index in [1.165, 1.54) is 29.5 Å². The number of allylic oxidation sites excluding steroid dienone is 3. The summed E-state index contributed by atoms with van der Waals surface area (Å²) in [6, 6.07) is 19.9. The summed E-state index contributed by atoms with van der Waals surface area (Å²) in [7, 11) is 1.70. The molecule has 0 radical (unpaired) electrons. The molecule has 2 atom stereocenters. The average molecular weight is 648 g/mol. The number of halogens is 1. The van der Waals surface area contributed by atoms with Crippen LogP contribution in [0.2, 0.25) is 0 Å². The summed E-state index contributed by atoms with van der Waals surface area (Å²) in [5.74, 6) is -0.907. The number of carbonyl (C=O) groups excluding carboxylic acids is 3. The molecule has 2 aromatic carbocycles. The van der Waals surface area contributed by atoms with Gasteiger partial charge in [-0.3, -0.25) is 24.3 Å². The smallest absolute Gasteiger partial charge is 0.246 e. The number of thioether (sulfide) groups is 1. The van der Waals surface area contributed by atoms with Gasteiger partial charge in [0.05, 0.1) is 18.5 Å². The second kappa shape index (κ2) is 20.4. The Hall–Kier alpha value is -4.61. The first-order valence-electron chi connectivity index (χ1n) is 14.8. The molecule has 2 N–H and O–H groups in total. The van der Waals surface area contributed by atoms with Crippen molar-refractivity contribution in [3.8, 4) is 0 Å². The molecule has 3 amide bonds. The van der Waals surface area contributed by atoms with E-state index in [9.17, 15) is 18.8 Å². The van der Waals surface area contributed by atoms with Crippen LogP contribution in [0.25, 0.3) is 0 Å². The van der Waals surface area contributed by atoms with Crippen molar-refractivity contribution in [2.24, 2.45) is 4.99 Å². The van der Waals surface area contributed by atoms with Gasteiger partial charge in [0.1, 0.15) is 17.1 Å². The number of aromatic nitrogens is 1. The molecule has 3 aromatic rings. The predicted octanol–water partition coefficient (Wildman–Crippen LogP) is 7.14. The molecule has 1 saturated heterocycles. The summed E-state index contributed by atoms with van der Waals surface area (Å²) in [6.07, 6.45) is 6.46. The Kier molecular flexibility index (Phi) is 16.7. The highest BCUT2D eigenvalue weighted by Crippen LogP contribution is 2.41. The molecule has 0 saturated carbocycles. The molecule has 1 aromatic heterocycles. The third-order valence-electron chi connectivity index (χ3n) is 6.23. The fourth-order valence-corrected chi connectivity index (χ4v) is 5.12. The van der Waals surface area contributed by atoms with Crippen LogP contribution < -0.4 is 10.6 Å². The lowest BCUT2D eigenvalue weighted by atomic mass is 10.1. The molecule has 0 bridgehead atoms. The Bertz CT molecular complexity index is 1480. The first-order valence-corrected chi connectivity index (χ1v) is 15.7. The van der Waals surface area contributed by atoms with Crippen molar-refractivity contribution in [2.75, 3.05) is 19.0 Å². The molecule has 0 aliphatic carbocycles. The summed E-state index contributed by atoms with van der Waals surface area (Å²) < 4.78 is 18.7. The summed E-state index contributed by atoms with van der Waals surface area (Å²) in [4.78, 5) is 46.2. The quantitative estimate of drug-likeness (QED) is 0.169. The van der Waals surface area contributed by atoms with Crippen LogP contribution in [0, 0.1) is 0 Å². The first kappa shape index (κ1) is 37.6. The number of amidine groups is 1. The number of aliphatic imine (C=N–C) groups is 1. The monoisotopic (exact) mass is 647 g/mol. The number of pyridine rings is 1. The maximum absolute atomic E-state index is 13.7. The van der Waals surface area contributed by atoms with E-state index < -0.39 is 11.3 Å². The lowest BCUT2D eigenvalue weighted by Crippen LogP contribution is -2.37. The van der Waals surface area contributed by atoms with E-state index >= 15 is 0 Å². The Morgan fingerprint density at radius 3 is 2.41 bits per heavy atom. The molecule has 4 rings (SSSR count). The number of carbonyl (C=O) groups is 3. The standard InChI is InChI=1S/C25H26FN5O3S.C8H10O.C2H6/c1-4-19(26)12-16(2)14-31-24(34)22(35-25(31)30-21-6-5-11-27-13-21)18-7-9-20(10-8-18)29-23(33)17(3)28-15-32;1-9-7-8-5-3-2-4-6-8;1-2/h4-13,15,17,22H,14H2,1-3H3,(H,28,32)(H,29,33);2-6H,7H2,1H3;1-2H3/b16-12+,19-4+,30-25?;;/t17-,22?;;/m0../s1. The fraction of sp³-hybridized carbons (Fsp3) is 0.286. The molecule has 1 aliphatic heterocycles. The van der Waals surface area contributed by atoms with Crippen molar-refractivity contribution in [2.45, 2.75) is 52.5 Å². The number of hydrogen-bond acceptors (Lipinski definition) is 7. The van der Waals surface area contributed by atoms with Crippen LogP contribution in [-0.4, -0.2) is 53.0 Å². The van der Waals surface area contributed by atoms with Crippen LogP contribution in [-0.2, 0) is 25.7 Å². The van der Waals surface area contributed by atoms with Crippen LogP contribution in [0.3, 0.4) is 0 Å². The van der Waals surface area contributed by atoms with E-state index in [2.05, 4.69) is 20.6 Å². The van der Waals surface area contributed by atoms with Gasteiger partial charge < -0.3 is 15.4 Å². The van der Waals surface area contributed by atoms with Gasteiger partial charge in [-0.25, -0.2) is 9.38 Å². The van der Waals surface area contributed by atoms with Crippen molar-refractivity contribution in [1.29, 1.82) is 0 Å². The highest BCUT2D eigenvalue weighted by Gasteiger charge is 2.39. The normalized spacial score (nSPS) is 16.1. The van der Waals surface area contributed by atoms with E-state index in [-0.39, 0.29) is 24.2 Å². The Balaban J connectivity index is 0.000000569. The Labute approximate surface area is 275 Å². The highest BCUT2D eigenvalue weighted by atomic mass is 32.2. The van der Waals surface area contributed by atoms with E-state index in [1.807, 2.05) is 44.2 Å². The molecule has 244 valence electrons. The summed E-state index contributed by atoms with van der Waals surface area (Å²) in [6.45, 7) is 9.84. The first-order chi connectivity index (χ1) is 22.2. The van der Waals surface area contributed by atoms with Gasteiger partial charge in [0.15, 0.2) is 5.17 Å². The summed E-state index contributed by atoms with van der Waals surface area (Å²) in [5.41, 5.74) is 3.77. The van der Waals surface area contributed by atoms with E-state index in [1.54, 1.807) is 81.6 Å². The SMILES string of the molecule is C/C=C(F)\C=C(/C)CN1C(=O)C(c2ccc(NC(=O)[C@H](C)NC=O)cc2)SC1=Nc1cccnc1.CC.COCc1ccccc1. The molecule has 1 aliphatic rings. The van der Waals surface area contributed by atoms with Crippen molar-refractivity contribution >= 4 is 46.5 Å². The number of hydrogen-bond donors (Lipinski definition) is 2. The van der Waals surface area contributed by atoms with E-state index in [4.69, 9.17) is 4.74 Å². The minimum absolute atomic E-state index is 0.174. The zero-order valence-electron chi connectivity index (χ0n) is 27.1. The average Bonchev–Trinajstić information content (AvgIpc) is 3.37. The summed E-state index contributed by atoms with van der Waals surface area (Å²) >= 11 is 1.30. The topological polar surface area (TPSA) is 113 Å². The van der Waals surface area contributed by atoms with Gasteiger partial charge in [-0.05, 0) is 62.2 Å². The number of methoxy groups -OCH3 is 1. The van der Waals surface area contributed by atoms with E-state index in [0.717, 1.165) is 5.56 Å². The molecule has 1 fully saturated rings. The molecule has 46 heavy (non-hydrogen) atoms. The minimum atomic E-state index is -0.678. The van der Waals surface area contributed by atoms with Gasteiger partial charge in [0.25, 0.3) is 0 Å². The van der Waals surface area contributed by atoms with Crippen LogP contribution in [0.1, 0.15) is 51.0 Å². The van der Waals surface area contributed by atoms with Gasteiger partial charge in [-0.1, -0.05) is 79.7 Å². The number of nitrogens with one attached hydrogen (secondary N) is 2. The fourth-order valence-electron chi connectivity index (χ4n) is 3.95. The minimum Gasteiger partial charge on any atom is -0.380 e. The molecular weight excluding hydrogens is 605 g/mol. The van der Waals surface area contributed by atoms with Gasteiger partial charge in [-0.2, -0.15) is 0 Å². The van der Waals surface area contributed by atoms with Crippen LogP contribution >= 0.6 is 11.8 Å². The number of rotatable bonds is 11. The maximum Gasteiger partial charge on any atom is 0.246 e. The highest BCUT2D eigenvalue weighted by molar-refractivity contribution is 8.15. The van der Waals surface area contributed by atoms with Gasteiger partial charge in [-0.15, -0.1) is 0 Å². The summed E-state index contributed by atoms with van der Waals surface area (Å²) in [5, 5.41) is 5.05. The second-order valence-corrected chi connectivity index (χ2v) is 10.8. The number of anilines is 1. The van der Waals surface area contributed by atoms with E-state index in [0.29, 0.717) is 35.1 Å². The van der Waals surface area contributed by atoms with Crippen LogP contribution in [0.4, 0.5) is 15.8 Å². The van der Waals surface area contributed by atoms with Gasteiger partial charge in [0.2, 0.25) is 18.2 Å². The molecule has 11 heteroatoms. The largest absolute Gasteiger partial charge is 0.380 e. The van der Waals surface area contributed by atoms with Gasteiger partial charge in [0, 0.05) is 25.5 Å². The second-order valence-electron chi connectivity index (χ2n) is 9.73. The zero-order chi connectivity index (χ0) is 33.9. The third-order valence-corrected chi connectivity index (χ3v) is 7.46. The number of benzene rings is 2. The Morgan fingerprint density at radius 2 is 1.83 bits per heavy atom. The van der Waals surface area contributed by atoms with Crippen molar-refractivity contribution in [3.05, 3.63) is 114 Å². The molecule has 1 unspecified atom stereocenters. The van der Waals surface area contributed by atoms with Crippen LogP contribution in [0.5, 0.6) is 0 Å². The van der Waals surface area contributed by atoms with Crippen molar-refractivity contribution in [3.63, 3.8) is 0 Å². The molecule has 0 spiro atoms. The molecule has 9 nitrogen and oxygen atoms in total. The van der Waals surface area contributed by atoms with Crippen LogP contribution in [0.15, 0.2) is 108 Å². The molecular formula is C35H42FN5O4S. The maximum atomic E-state index is 13.7. The Morgan fingerprint density at radius 1 is 1.13 bits per heavy atom. The number of amides is 3. The number of ether oxygens (including phenoxy) is 1. The van der Waals surface area contributed by atoms with Gasteiger partial charge >= 0.3 is 0 Å². The lowest BCUT2D eigenvalue weighted by molar-refractivity contribution is -0.126. The number of nitrogens with zero attached hydrogens (tertiary/aromatic N) is 3. The third kappa shape index (κ3) is 12.1. The zero-order valence-corrected chi connectivity index (χ0v) is 27.9. The predicted molar refractivity (Wildman–Crippen MR) is 184 cm³/mol. The van der Waals surface area contributed by atoms with Crippen molar-refractivity contribution in [1.82, 2.24) is 15.2 Å². The van der Waals surface area contributed by atoms with Crippen molar-refractivity contribution < 1.29 is 23.5 Å².